The van der Waals surface area contributed by atoms with Crippen LogP contribution in [0.2, 0.25) is 0 Å². The minimum Gasteiger partial charge on any atom is -0.497 e. The smallest absolute Gasteiger partial charge is 0.242 e. The third-order valence-corrected chi connectivity index (χ3v) is 4.89. The van der Waals surface area contributed by atoms with Gasteiger partial charge < -0.3 is 25.4 Å². The minimum absolute atomic E-state index is 0.0874. The molecule has 0 unspecified atom stereocenters. The summed E-state index contributed by atoms with van der Waals surface area (Å²) >= 11 is 0. The predicted molar refractivity (Wildman–Crippen MR) is 116 cm³/mol. The van der Waals surface area contributed by atoms with Gasteiger partial charge >= 0.3 is 0 Å². The molecule has 7 heteroatoms. The summed E-state index contributed by atoms with van der Waals surface area (Å²) in [6.45, 7) is 4.85. The maximum atomic E-state index is 12.1. The maximum absolute atomic E-state index is 12.1. The Morgan fingerprint density at radius 3 is 2.55 bits per heavy atom. The second kappa shape index (κ2) is 13.8. The first-order chi connectivity index (χ1) is 14.2. The standard InChI is InChI=1S/C22H36N4O3/c1-3-23-22(24-14-7-15-29-20-8-5-4-6-9-20)26-17-21(27)25-16-18-10-12-19(28-2)13-11-18/h10-13,20H,3-9,14-17H2,1-2H3,(H,25,27)(H2,23,24,26). The van der Waals surface area contributed by atoms with E-state index in [0.29, 0.717) is 18.6 Å². The van der Waals surface area contributed by atoms with Crippen molar-refractivity contribution in [2.75, 3.05) is 33.4 Å². The number of ether oxygens (including phenoxy) is 2. The molecule has 1 aliphatic carbocycles. The molecule has 29 heavy (non-hydrogen) atoms. The number of nitrogens with zero attached hydrogens (tertiary/aromatic N) is 1. The van der Waals surface area contributed by atoms with Gasteiger partial charge in [0.25, 0.3) is 0 Å². The van der Waals surface area contributed by atoms with Crippen molar-refractivity contribution in [1.82, 2.24) is 16.0 Å². The van der Waals surface area contributed by atoms with Gasteiger partial charge in [0, 0.05) is 26.2 Å². The van der Waals surface area contributed by atoms with E-state index in [-0.39, 0.29) is 12.5 Å². The summed E-state index contributed by atoms with van der Waals surface area (Å²) in [5.41, 5.74) is 1.02. The number of methoxy groups -OCH3 is 1. The average Bonchev–Trinajstić information content (AvgIpc) is 2.76. The SMILES string of the molecule is CCNC(=NCC(=O)NCc1ccc(OC)cc1)NCCCOC1CCCCC1. The molecule has 0 radical (unpaired) electrons. The van der Waals surface area contributed by atoms with Crippen LogP contribution in [0.5, 0.6) is 5.75 Å². The summed E-state index contributed by atoms with van der Waals surface area (Å²) in [5.74, 6) is 1.35. The van der Waals surface area contributed by atoms with Gasteiger partial charge in [-0.15, -0.1) is 0 Å². The molecule has 162 valence electrons. The second-order valence-corrected chi connectivity index (χ2v) is 7.23. The van der Waals surface area contributed by atoms with Crippen LogP contribution >= 0.6 is 0 Å². The van der Waals surface area contributed by atoms with E-state index in [4.69, 9.17) is 9.47 Å². The number of carbonyl (C=O) groups is 1. The van der Waals surface area contributed by atoms with E-state index in [0.717, 1.165) is 37.4 Å². The number of guanidine groups is 1. The van der Waals surface area contributed by atoms with Gasteiger partial charge in [0.2, 0.25) is 5.91 Å². The second-order valence-electron chi connectivity index (χ2n) is 7.23. The molecule has 0 heterocycles. The predicted octanol–water partition coefficient (Wildman–Crippen LogP) is 2.61. The van der Waals surface area contributed by atoms with Gasteiger partial charge in [-0.3, -0.25) is 4.79 Å². The van der Waals surface area contributed by atoms with Gasteiger partial charge in [0.05, 0.1) is 13.2 Å². The largest absolute Gasteiger partial charge is 0.497 e. The highest BCUT2D eigenvalue weighted by atomic mass is 16.5. The fourth-order valence-corrected chi connectivity index (χ4v) is 3.25. The van der Waals surface area contributed by atoms with Crippen molar-refractivity contribution < 1.29 is 14.3 Å². The Balaban J connectivity index is 1.63. The fourth-order valence-electron chi connectivity index (χ4n) is 3.25. The van der Waals surface area contributed by atoms with Crippen LogP contribution in [-0.4, -0.2) is 51.3 Å². The summed E-state index contributed by atoms with van der Waals surface area (Å²) in [4.78, 5) is 16.4. The zero-order valence-corrected chi connectivity index (χ0v) is 17.8. The Bertz CT molecular complexity index is 613. The molecular weight excluding hydrogens is 368 g/mol. The normalized spacial score (nSPS) is 15.0. The van der Waals surface area contributed by atoms with Crippen molar-refractivity contribution in [3.8, 4) is 5.75 Å². The van der Waals surface area contributed by atoms with Gasteiger partial charge in [-0.1, -0.05) is 31.4 Å². The van der Waals surface area contributed by atoms with E-state index in [1.807, 2.05) is 31.2 Å². The molecule has 1 fully saturated rings. The van der Waals surface area contributed by atoms with Gasteiger partial charge in [0.15, 0.2) is 5.96 Å². The van der Waals surface area contributed by atoms with Crippen LogP contribution < -0.4 is 20.7 Å². The van der Waals surface area contributed by atoms with Crippen molar-refractivity contribution in [3.05, 3.63) is 29.8 Å². The monoisotopic (exact) mass is 404 g/mol. The number of aliphatic imine (C=N–C) groups is 1. The van der Waals surface area contributed by atoms with E-state index in [1.54, 1.807) is 7.11 Å². The van der Waals surface area contributed by atoms with Gasteiger partial charge in [-0.05, 0) is 43.9 Å². The number of benzene rings is 1. The molecule has 1 aromatic rings. The molecule has 3 N–H and O–H groups in total. The summed E-state index contributed by atoms with van der Waals surface area (Å²) in [5, 5.41) is 9.32. The molecule has 0 saturated heterocycles. The van der Waals surface area contributed by atoms with Crippen LogP contribution in [0.4, 0.5) is 0 Å². The van der Waals surface area contributed by atoms with Crippen molar-refractivity contribution in [1.29, 1.82) is 0 Å². The van der Waals surface area contributed by atoms with Crippen molar-refractivity contribution in [2.24, 2.45) is 4.99 Å². The van der Waals surface area contributed by atoms with Crippen molar-refractivity contribution in [2.45, 2.75) is 58.1 Å². The number of rotatable bonds is 11. The van der Waals surface area contributed by atoms with Crippen LogP contribution in [0.1, 0.15) is 51.0 Å². The zero-order chi connectivity index (χ0) is 20.7. The number of nitrogens with one attached hydrogen (secondary N) is 3. The molecule has 0 atom stereocenters. The van der Waals surface area contributed by atoms with Crippen molar-refractivity contribution >= 4 is 11.9 Å². The highest BCUT2D eigenvalue weighted by Crippen LogP contribution is 2.20. The molecule has 2 rings (SSSR count). The lowest BCUT2D eigenvalue weighted by Gasteiger charge is -2.22. The maximum Gasteiger partial charge on any atom is 0.242 e. The van der Waals surface area contributed by atoms with Crippen LogP contribution in [0.3, 0.4) is 0 Å². The average molecular weight is 405 g/mol. The van der Waals surface area contributed by atoms with Crippen LogP contribution in [-0.2, 0) is 16.1 Å². The highest BCUT2D eigenvalue weighted by molar-refractivity contribution is 5.84. The number of carbonyl (C=O) groups excluding carboxylic acids is 1. The van der Waals surface area contributed by atoms with E-state index in [1.165, 1.54) is 32.1 Å². The highest BCUT2D eigenvalue weighted by Gasteiger charge is 2.13. The van der Waals surface area contributed by atoms with Gasteiger partial charge in [0.1, 0.15) is 12.3 Å². The molecule has 0 bridgehead atoms. The molecule has 1 aliphatic rings. The molecule has 0 aliphatic heterocycles. The van der Waals surface area contributed by atoms with Gasteiger partial charge in [-0.2, -0.15) is 0 Å². The van der Waals surface area contributed by atoms with E-state index in [2.05, 4.69) is 20.9 Å². The van der Waals surface area contributed by atoms with Crippen LogP contribution in [0.25, 0.3) is 0 Å². The molecule has 1 amide bonds. The molecule has 0 spiro atoms. The quantitative estimate of drug-likeness (QED) is 0.300. The first-order valence-electron chi connectivity index (χ1n) is 10.7. The first kappa shape index (κ1) is 23.0. The Morgan fingerprint density at radius 1 is 1.10 bits per heavy atom. The Labute approximate surface area is 174 Å². The van der Waals surface area contributed by atoms with E-state index < -0.39 is 0 Å². The van der Waals surface area contributed by atoms with E-state index >= 15 is 0 Å². The Morgan fingerprint density at radius 2 is 1.86 bits per heavy atom. The topological polar surface area (TPSA) is 84.0 Å². The molecule has 1 saturated carbocycles. The minimum atomic E-state index is -0.112. The van der Waals surface area contributed by atoms with Crippen LogP contribution in [0.15, 0.2) is 29.3 Å². The van der Waals surface area contributed by atoms with Gasteiger partial charge in [-0.25, -0.2) is 4.99 Å². The Kier molecular flexibility index (Phi) is 11.0. The summed E-state index contributed by atoms with van der Waals surface area (Å²) in [7, 11) is 1.63. The van der Waals surface area contributed by atoms with E-state index in [9.17, 15) is 4.79 Å². The molecule has 0 aromatic heterocycles. The Hall–Kier alpha value is -2.28. The summed E-state index contributed by atoms with van der Waals surface area (Å²) < 4.78 is 11.1. The number of hydrogen-bond donors (Lipinski definition) is 3. The lowest BCUT2D eigenvalue weighted by Crippen LogP contribution is -2.39. The number of amides is 1. The summed E-state index contributed by atoms with van der Waals surface area (Å²) in [6.07, 6.45) is 7.69. The third-order valence-electron chi connectivity index (χ3n) is 4.89. The zero-order valence-electron chi connectivity index (χ0n) is 17.8. The summed E-state index contributed by atoms with van der Waals surface area (Å²) in [6, 6.07) is 7.63. The fraction of sp³-hybridized carbons (Fsp3) is 0.636. The van der Waals surface area contributed by atoms with Crippen LogP contribution in [0, 0.1) is 0 Å². The van der Waals surface area contributed by atoms with Crippen molar-refractivity contribution in [3.63, 3.8) is 0 Å². The molecular formula is C22H36N4O3. The third kappa shape index (κ3) is 9.65. The lowest BCUT2D eigenvalue weighted by atomic mass is 9.98. The lowest BCUT2D eigenvalue weighted by molar-refractivity contribution is -0.119. The number of hydrogen-bond acceptors (Lipinski definition) is 4. The molecule has 7 nitrogen and oxygen atoms in total. The first-order valence-corrected chi connectivity index (χ1v) is 10.7. The molecule has 1 aromatic carbocycles.